The van der Waals surface area contributed by atoms with Crippen molar-refractivity contribution in [1.82, 2.24) is 0 Å². The number of hydrogen-bond donors (Lipinski definition) is 0. The van der Waals surface area contributed by atoms with Crippen LogP contribution >= 0.6 is 0 Å². The minimum atomic E-state index is -0.821. The maximum atomic E-state index is 13.8. The molecule has 1 aromatic carbocycles. The quantitative estimate of drug-likeness (QED) is 0.249. The number of carbonyl (C=O) groups excluding carboxylic acids is 5. The highest BCUT2D eigenvalue weighted by Crippen LogP contribution is 2.72. The molecule has 2 aliphatic heterocycles. The Morgan fingerprint density at radius 2 is 1.72 bits per heavy atom. The molecule has 0 radical (unpaired) electrons. The number of ketones is 2. The first kappa shape index (κ1) is 29.2. The Balaban J connectivity index is 0.00000105. The molecule has 3 heterocycles. The average molecular weight is 585 g/mol. The molecule has 0 N–H and O–H groups in total. The number of hydrogen-bond acceptors (Lipinski definition) is 8. The highest BCUT2D eigenvalue weighted by molar-refractivity contribution is 6.00. The lowest BCUT2D eigenvalue weighted by molar-refractivity contribution is -0.191. The number of benzene rings is 1. The molecule has 2 saturated heterocycles. The van der Waals surface area contributed by atoms with Gasteiger partial charge in [0.05, 0.1) is 17.8 Å². The first-order valence-electron chi connectivity index (χ1n) is 14.9. The molecule has 5 aliphatic rings. The summed E-state index contributed by atoms with van der Waals surface area (Å²) in [6.45, 7) is 12.2. The van der Waals surface area contributed by atoms with Crippen LogP contribution in [0.2, 0.25) is 0 Å². The van der Waals surface area contributed by atoms with Crippen molar-refractivity contribution in [3.8, 4) is 11.3 Å². The Morgan fingerprint density at radius 1 is 1.05 bits per heavy atom. The van der Waals surface area contributed by atoms with Crippen LogP contribution in [-0.4, -0.2) is 42.0 Å². The van der Waals surface area contributed by atoms with E-state index in [0.717, 1.165) is 29.7 Å². The molecule has 9 atom stereocenters. The minimum Gasteiger partial charge on any atom is -0.464 e. The number of furan rings is 1. The summed E-state index contributed by atoms with van der Waals surface area (Å²) in [6.07, 6.45) is 6.09. The second-order valence-corrected chi connectivity index (χ2v) is 13.2. The summed E-state index contributed by atoms with van der Waals surface area (Å²) >= 11 is 0. The largest absolute Gasteiger partial charge is 0.464 e. The fourth-order valence-corrected chi connectivity index (χ4v) is 9.77. The highest BCUT2D eigenvalue weighted by Gasteiger charge is 2.77. The minimum absolute atomic E-state index is 0.00540. The van der Waals surface area contributed by atoms with Gasteiger partial charge in [-0.2, -0.15) is 9.59 Å². The maximum absolute atomic E-state index is 13.8. The number of rotatable bonds is 4. The molecule has 7 rings (SSSR count). The van der Waals surface area contributed by atoms with Crippen molar-refractivity contribution in [1.29, 1.82) is 0 Å². The number of ether oxygens (including phenoxy) is 2. The van der Waals surface area contributed by atoms with E-state index in [0.29, 0.717) is 5.56 Å². The molecular weight excluding hydrogens is 548 g/mol. The summed E-state index contributed by atoms with van der Waals surface area (Å²) in [6, 6.07) is 9.59. The molecule has 0 unspecified atom stereocenters. The van der Waals surface area contributed by atoms with Crippen LogP contribution in [0.1, 0.15) is 76.2 Å². The second kappa shape index (κ2) is 9.83. The van der Waals surface area contributed by atoms with Crippen molar-refractivity contribution in [2.45, 2.75) is 78.6 Å². The molecule has 0 spiro atoms. The summed E-state index contributed by atoms with van der Waals surface area (Å²) in [7, 11) is 0. The number of allylic oxidation sites excluding steroid dienone is 2. The van der Waals surface area contributed by atoms with Gasteiger partial charge in [-0.3, -0.25) is 14.4 Å². The van der Waals surface area contributed by atoms with Gasteiger partial charge in [0, 0.05) is 39.4 Å². The molecule has 43 heavy (non-hydrogen) atoms. The molecule has 1 saturated carbocycles. The number of Topliss-reactive ketones (excluding diaryl/α,β-unsaturated/α-hetero) is 1. The third-order valence-corrected chi connectivity index (χ3v) is 11.4. The van der Waals surface area contributed by atoms with Gasteiger partial charge in [-0.25, -0.2) is 0 Å². The van der Waals surface area contributed by atoms with E-state index < -0.39 is 22.3 Å². The molecule has 8 heteroatoms. The van der Waals surface area contributed by atoms with Gasteiger partial charge in [-0.1, -0.05) is 63.1 Å². The topological polar surface area (TPSA) is 117 Å². The molecule has 2 aromatic rings. The van der Waals surface area contributed by atoms with Crippen LogP contribution in [0.5, 0.6) is 0 Å². The van der Waals surface area contributed by atoms with E-state index >= 15 is 0 Å². The smallest absolute Gasteiger partial charge is 0.373 e. The Bertz CT molecular complexity index is 1620. The van der Waals surface area contributed by atoms with Crippen molar-refractivity contribution < 1.29 is 37.9 Å². The first-order valence-corrected chi connectivity index (χ1v) is 14.9. The molecule has 0 bridgehead atoms. The van der Waals surface area contributed by atoms with Crippen LogP contribution in [-0.2, 0) is 28.7 Å². The summed E-state index contributed by atoms with van der Waals surface area (Å²) in [4.78, 5) is 55.1. The van der Waals surface area contributed by atoms with Crippen LogP contribution in [0, 0.1) is 28.1 Å². The lowest BCUT2D eigenvalue weighted by Crippen LogP contribution is -2.65. The van der Waals surface area contributed by atoms with Crippen molar-refractivity contribution in [3.63, 3.8) is 0 Å². The number of carbonyl (C=O) groups is 3. The maximum Gasteiger partial charge on any atom is 0.373 e. The Labute approximate surface area is 250 Å². The van der Waals surface area contributed by atoms with Crippen molar-refractivity contribution in [3.05, 3.63) is 71.0 Å². The van der Waals surface area contributed by atoms with Crippen molar-refractivity contribution in [2.24, 2.45) is 28.1 Å². The lowest BCUT2D eigenvalue weighted by atomic mass is 9.42. The Kier molecular flexibility index (Phi) is 6.68. The monoisotopic (exact) mass is 584 g/mol. The van der Waals surface area contributed by atoms with Gasteiger partial charge in [0.1, 0.15) is 18.0 Å². The van der Waals surface area contributed by atoms with Gasteiger partial charge in [0.25, 0.3) is 0 Å². The van der Waals surface area contributed by atoms with E-state index in [9.17, 15) is 14.4 Å². The van der Waals surface area contributed by atoms with Gasteiger partial charge in [-0.05, 0) is 50.8 Å². The molecular formula is C35H36O8. The highest BCUT2D eigenvalue weighted by atomic mass is 16.6. The SMILES string of the molecule is CC[C@H]1[C@]2(C)C3=C(C)[C@H](c4ccoc4-c4ccc(C(C)=O)cc4)C[C@H]3O[C@@H]2[C@@H]2OC(=O)[C@]3(C)C=CC(=O)[C@@]1(C)[C@@H]23.O=C=O. The molecule has 3 aliphatic carbocycles. The summed E-state index contributed by atoms with van der Waals surface area (Å²) < 4.78 is 19.1. The van der Waals surface area contributed by atoms with Crippen LogP contribution in [0.15, 0.2) is 64.3 Å². The zero-order valence-corrected chi connectivity index (χ0v) is 25.3. The number of fused-ring (bicyclic) bond motifs is 4. The van der Waals surface area contributed by atoms with Gasteiger partial charge >= 0.3 is 12.1 Å². The fourth-order valence-electron chi connectivity index (χ4n) is 9.77. The first-order chi connectivity index (χ1) is 20.4. The normalized spacial score (nSPS) is 38.5. The Hall–Kier alpha value is -3.87. The second-order valence-electron chi connectivity index (χ2n) is 13.2. The van der Waals surface area contributed by atoms with Crippen LogP contribution in [0.3, 0.4) is 0 Å². The predicted molar refractivity (Wildman–Crippen MR) is 153 cm³/mol. The zero-order chi connectivity index (χ0) is 31.1. The van der Waals surface area contributed by atoms with Gasteiger partial charge < -0.3 is 13.9 Å². The van der Waals surface area contributed by atoms with E-state index in [4.69, 9.17) is 23.5 Å². The third-order valence-electron chi connectivity index (χ3n) is 11.4. The summed E-state index contributed by atoms with van der Waals surface area (Å²) in [5.41, 5.74) is 3.22. The molecule has 1 aromatic heterocycles. The van der Waals surface area contributed by atoms with Crippen LogP contribution in [0.4, 0.5) is 0 Å². The van der Waals surface area contributed by atoms with Gasteiger partial charge in [0.2, 0.25) is 0 Å². The fraction of sp³-hybridized carbons (Fsp3) is 0.486. The molecule has 0 amide bonds. The average Bonchev–Trinajstić information content (AvgIpc) is 3.70. The van der Waals surface area contributed by atoms with Gasteiger partial charge in [0.15, 0.2) is 11.6 Å². The summed E-state index contributed by atoms with van der Waals surface area (Å²) in [5, 5.41) is 0. The zero-order valence-electron chi connectivity index (χ0n) is 25.3. The van der Waals surface area contributed by atoms with E-state index in [2.05, 4.69) is 27.7 Å². The van der Waals surface area contributed by atoms with Crippen molar-refractivity contribution >= 4 is 23.7 Å². The van der Waals surface area contributed by atoms with Crippen LogP contribution < -0.4 is 0 Å². The van der Waals surface area contributed by atoms with E-state index in [1.165, 1.54) is 11.1 Å². The molecule has 224 valence electrons. The van der Waals surface area contributed by atoms with Crippen LogP contribution in [0.25, 0.3) is 11.3 Å². The standard InChI is InChI=1S/C34H36O6.CO2/c1-7-24-33(5)25(36)12-14-32(4)29(33)28(40-31(32)37)30-34(24,6)26-17(2)22(16-23(26)39-30)21-13-15-38-27(21)20-10-8-19(9-11-20)18(3)35;2-1-3/h8-15,22-24,28-30H,7,16H2,1-6H3;/t22-,23-,24-,28-,29+,30-,32-,33+,34-;/m1./s1. The predicted octanol–water partition coefficient (Wildman–Crippen LogP) is 5.88. The van der Waals surface area contributed by atoms with E-state index in [-0.39, 0.29) is 53.6 Å². The van der Waals surface area contributed by atoms with E-state index in [1.54, 1.807) is 25.3 Å². The molecule has 8 nitrogen and oxygen atoms in total. The Morgan fingerprint density at radius 3 is 2.35 bits per heavy atom. The van der Waals surface area contributed by atoms with E-state index in [1.807, 2.05) is 37.3 Å². The third kappa shape index (κ3) is 3.69. The lowest BCUT2D eigenvalue weighted by Gasteiger charge is -2.59. The van der Waals surface area contributed by atoms with Gasteiger partial charge in [-0.15, -0.1) is 0 Å². The molecule has 3 fully saturated rings. The van der Waals surface area contributed by atoms with Crippen molar-refractivity contribution in [2.75, 3.05) is 0 Å². The summed E-state index contributed by atoms with van der Waals surface area (Å²) in [5.74, 6) is 0.519. The number of esters is 1.